The molecule has 0 aliphatic carbocycles. The predicted molar refractivity (Wildman–Crippen MR) is 158 cm³/mol. The van der Waals surface area contributed by atoms with Crippen LogP contribution in [0.2, 0.25) is 5.02 Å². The first-order chi connectivity index (χ1) is 20.2. The van der Waals surface area contributed by atoms with Crippen molar-refractivity contribution >= 4 is 33.4 Å². The van der Waals surface area contributed by atoms with Crippen molar-refractivity contribution in [3.05, 3.63) is 88.9 Å². The number of carbonyl (C=O) groups is 2. The summed E-state index contributed by atoms with van der Waals surface area (Å²) >= 11 is 6.22. The third kappa shape index (κ3) is 8.01. The molecule has 0 radical (unpaired) electrons. The molecule has 4 rings (SSSR count). The van der Waals surface area contributed by atoms with Crippen LogP contribution < -0.4 is 14.8 Å². The van der Waals surface area contributed by atoms with Crippen LogP contribution in [0.4, 0.5) is 0 Å². The molecule has 1 aliphatic heterocycles. The summed E-state index contributed by atoms with van der Waals surface area (Å²) < 4.78 is 43.3. The summed E-state index contributed by atoms with van der Waals surface area (Å²) in [5.41, 5.74) is 1.56. The molecule has 42 heavy (non-hydrogen) atoms. The van der Waals surface area contributed by atoms with Gasteiger partial charge in [0.2, 0.25) is 15.9 Å². The lowest BCUT2D eigenvalue weighted by molar-refractivity contribution is -0.142. The summed E-state index contributed by atoms with van der Waals surface area (Å²) in [5, 5.41) is 3.39. The number of methoxy groups -OCH3 is 1. The number of morpholine rings is 1. The van der Waals surface area contributed by atoms with Crippen molar-refractivity contribution < 1.29 is 32.2 Å². The van der Waals surface area contributed by atoms with Crippen LogP contribution >= 0.6 is 11.6 Å². The van der Waals surface area contributed by atoms with Gasteiger partial charge in [-0.25, -0.2) is 8.42 Å². The maximum Gasteiger partial charge on any atom is 0.261 e. The Morgan fingerprint density at radius 3 is 2.29 bits per heavy atom. The Kier molecular flexibility index (Phi) is 10.8. The Bertz CT molecular complexity index is 1460. The predicted octanol–water partition coefficient (Wildman–Crippen LogP) is 3.48. The Morgan fingerprint density at radius 1 is 1.00 bits per heavy atom. The normalized spacial score (nSPS) is 14.5. The van der Waals surface area contributed by atoms with E-state index in [-0.39, 0.29) is 30.5 Å². The Morgan fingerprint density at radius 2 is 1.64 bits per heavy atom. The van der Waals surface area contributed by atoms with Crippen LogP contribution in [0, 0.1) is 0 Å². The number of ether oxygens (including phenoxy) is 3. The lowest BCUT2D eigenvalue weighted by Gasteiger charge is -2.29. The summed E-state index contributed by atoms with van der Waals surface area (Å²) in [7, 11) is -2.08. The molecule has 3 aromatic carbocycles. The van der Waals surface area contributed by atoms with Gasteiger partial charge in [0.15, 0.2) is 6.61 Å². The average Bonchev–Trinajstić information content (AvgIpc) is 3.02. The minimum atomic E-state index is -3.65. The van der Waals surface area contributed by atoms with E-state index in [0.717, 1.165) is 11.1 Å². The van der Waals surface area contributed by atoms with Gasteiger partial charge in [-0.3, -0.25) is 9.59 Å². The van der Waals surface area contributed by atoms with E-state index in [9.17, 15) is 18.0 Å². The van der Waals surface area contributed by atoms with Gasteiger partial charge in [-0.15, -0.1) is 0 Å². The first-order valence-corrected chi connectivity index (χ1v) is 15.2. The number of nitrogens with one attached hydrogen (secondary N) is 1. The van der Waals surface area contributed by atoms with Gasteiger partial charge in [0, 0.05) is 31.2 Å². The molecule has 1 fully saturated rings. The largest absolute Gasteiger partial charge is 0.497 e. The highest BCUT2D eigenvalue weighted by molar-refractivity contribution is 7.89. The van der Waals surface area contributed by atoms with E-state index < -0.39 is 22.0 Å². The molecule has 0 bridgehead atoms. The molecule has 12 heteroatoms. The van der Waals surface area contributed by atoms with Gasteiger partial charge in [-0.05, 0) is 60.5 Å². The number of benzene rings is 3. The zero-order valence-corrected chi connectivity index (χ0v) is 25.1. The Labute approximate surface area is 251 Å². The molecule has 224 valence electrons. The third-order valence-electron chi connectivity index (χ3n) is 6.88. The van der Waals surface area contributed by atoms with Crippen LogP contribution in [-0.4, -0.2) is 75.5 Å². The number of sulfonamides is 1. The number of amides is 2. The summed E-state index contributed by atoms with van der Waals surface area (Å²) in [4.78, 5) is 28.1. The fourth-order valence-electron chi connectivity index (χ4n) is 4.35. The monoisotopic (exact) mass is 615 g/mol. The Balaban J connectivity index is 1.43. The second-order valence-corrected chi connectivity index (χ2v) is 12.0. The molecule has 1 aliphatic rings. The van der Waals surface area contributed by atoms with E-state index in [1.807, 2.05) is 30.3 Å². The van der Waals surface area contributed by atoms with Gasteiger partial charge in [-0.1, -0.05) is 41.9 Å². The smallest absolute Gasteiger partial charge is 0.261 e. The van der Waals surface area contributed by atoms with Crippen LogP contribution in [0.15, 0.2) is 77.7 Å². The second-order valence-electron chi connectivity index (χ2n) is 9.63. The van der Waals surface area contributed by atoms with E-state index >= 15 is 0 Å². The van der Waals surface area contributed by atoms with Gasteiger partial charge in [0.05, 0.1) is 25.2 Å². The quantitative estimate of drug-likeness (QED) is 0.332. The zero-order valence-electron chi connectivity index (χ0n) is 23.5. The standard InChI is InChI=1S/C30H34ClN3O7S/c1-22(30(36)32-19-24-5-3-4-6-28(24)31)34(20-23-7-9-25(39-2)10-8-23)29(35)21-41-26-11-13-27(14-12-26)42(37,38)33-15-17-40-18-16-33/h3-14,22H,15-21H2,1-2H3,(H,32,36). The van der Waals surface area contributed by atoms with Crippen LogP contribution in [0.25, 0.3) is 0 Å². The third-order valence-corrected chi connectivity index (χ3v) is 9.17. The zero-order chi connectivity index (χ0) is 30.1. The highest BCUT2D eigenvalue weighted by Crippen LogP contribution is 2.21. The van der Waals surface area contributed by atoms with Crippen LogP contribution in [0.5, 0.6) is 11.5 Å². The summed E-state index contributed by atoms with van der Waals surface area (Å²) in [6.45, 7) is 2.96. The molecular weight excluding hydrogens is 582 g/mol. The van der Waals surface area contributed by atoms with Crippen LogP contribution in [0.1, 0.15) is 18.1 Å². The van der Waals surface area contributed by atoms with Crippen molar-refractivity contribution in [3.63, 3.8) is 0 Å². The lowest BCUT2D eigenvalue weighted by atomic mass is 10.1. The van der Waals surface area contributed by atoms with Crippen molar-refractivity contribution in [2.24, 2.45) is 0 Å². The molecule has 1 saturated heterocycles. The van der Waals surface area contributed by atoms with Crippen molar-refractivity contribution in [2.45, 2.75) is 31.0 Å². The molecule has 10 nitrogen and oxygen atoms in total. The molecule has 1 heterocycles. The van der Waals surface area contributed by atoms with Crippen LogP contribution in [-0.2, 0) is 37.4 Å². The minimum absolute atomic E-state index is 0.132. The number of nitrogens with zero attached hydrogens (tertiary/aromatic N) is 2. The summed E-state index contributed by atoms with van der Waals surface area (Å²) in [6, 6.07) is 19.5. The Hall–Kier alpha value is -3.64. The van der Waals surface area contributed by atoms with Gasteiger partial charge >= 0.3 is 0 Å². The van der Waals surface area contributed by atoms with Crippen LogP contribution in [0.3, 0.4) is 0 Å². The van der Waals surface area contributed by atoms with Crippen molar-refractivity contribution in [3.8, 4) is 11.5 Å². The number of hydrogen-bond acceptors (Lipinski definition) is 7. The number of hydrogen-bond donors (Lipinski definition) is 1. The first kappa shape index (κ1) is 31.3. The lowest BCUT2D eigenvalue weighted by Crippen LogP contribution is -2.48. The van der Waals surface area contributed by atoms with Gasteiger partial charge < -0.3 is 24.4 Å². The molecule has 1 N–H and O–H groups in total. The second kappa shape index (κ2) is 14.5. The number of carbonyl (C=O) groups excluding carboxylic acids is 2. The summed E-state index contributed by atoms with van der Waals surface area (Å²) in [5.74, 6) is 0.222. The highest BCUT2D eigenvalue weighted by Gasteiger charge is 2.28. The molecule has 1 unspecified atom stereocenters. The molecule has 1 atom stereocenters. The maximum atomic E-state index is 13.4. The van der Waals surface area contributed by atoms with Crippen molar-refractivity contribution in [2.75, 3.05) is 40.0 Å². The molecule has 2 amide bonds. The SMILES string of the molecule is COc1ccc(CN(C(=O)COc2ccc(S(=O)(=O)N3CCOCC3)cc2)C(C)C(=O)NCc2ccccc2Cl)cc1. The van der Waals surface area contributed by atoms with Gasteiger partial charge in [0.25, 0.3) is 5.91 Å². The van der Waals surface area contributed by atoms with E-state index in [1.54, 1.807) is 32.2 Å². The fraction of sp³-hybridized carbons (Fsp3) is 0.333. The van der Waals surface area contributed by atoms with Gasteiger partial charge in [0.1, 0.15) is 17.5 Å². The topological polar surface area (TPSA) is 114 Å². The molecule has 0 spiro atoms. The van der Waals surface area contributed by atoms with Crippen molar-refractivity contribution in [1.29, 1.82) is 0 Å². The fourth-order valence-corrected chi connectivity index (χ4v) is 5.96. The maximum absolute atomic E-state index is 13.4. The average molecular weight is 616 g/mol. The first-order valence-electron chi connectivity index (χ1n) is 13.4. The van der Waals surface area contributed by atoms with E-state index in [4.69, 9.17) is 25.8 Å². The molecule has 0 saturated carbocycles. The number of rotatable bonds is 12. The molecule has 0 aromatic heterocycles. The van der Waals surface area contributed by atoms with Gasteiger partial charge in [-0.2, -0.15) is 4.31 Å². The van der Waals surface area contributed by atoms with E-state index in [1.165, 1.54) is 33.5 Å². The van der Waals surface area contributed by atoms with Crippen molar-refractivity contribution in [1.82, 2.24) is 14.5 Å². The number of halogens is 1. The highest BCUT2D eigenvalue weighted by atomic mass is 35.5. The minimum Gasteiger partial charge on any atom is -0.497 e. The molecule has 3 aromatic rings. The molecular formula is C30H34ClN3O7S. The van der Waals surface area contributed by atoms with E-state index in [2.05, 4.69) is 5.32 Å². The summed E-state index contributed by atoms with van der Waals surface area (Å²) in [6.07, 6.45) is 0. The van der Waals surface area contributed by atoms with E-state index in [0.29, 0.717) is 42.8 Å².